The molecule has 9 heteroatoms. The summed E-state index contributed by atoms with van der Waals surface area (Å²) in [4.78, 5) is 25.0. The highest BCUT2D eigenvalue weighted by atomic mass is 16.6. The number of aliphatic imine (C=N–C) groups is 1. The Bertz CT molecular complexity index is 1330. The molecule has 0 unspecified atom stereocenters. The van der Waals surface area contributed by atoms with Crippen LogP contribution in [0.2, 0.25) is 0 Å². The second-order valence-corrected chi connectivity index (χ2v) is 28.8. The molecule has 0 fully saturated rings. The van der Waals surface area contributed by atoms with Crippen LogP contribution in [-0.2, 0) is 19.4 Å². The fraction of sp³-hybridized carbons (Fsp3) is 0.921. The molecule has 0 heterocycles. The van der Waals surface area contributed by atoms with Gasteiger partial charge in [0.25, 0.3) is 0 Å². The average Bonchev–Trinajstić information content (AvgIpc) is 2.99. The Morgan fingerprint density at radius 3 is 0.556 bits per heavy atom. The van der Waals surface area contributed by atoms with Crippen LogP contribution in [0.15, 0.2) is 25.6 Å². The smallest absolute Gasteiger partial charge is 0.129 e. The lowest BCUT2D eigenvalue weighted by Crippen LogP contribution is -2.34. The molecule has 444 valence electrons. The highest BCUT2D eigenvalue weighted by Crippen LogP contribution is 2.34. The maximum absolute atomic E-state index is 5.53. The van der Waals surface area contributed by atoms with Crippen molar-refractivity contribution in [3.63, 3.8) is 0 Å². The second-order valence-electron chi connectivity index (χ2n) is 28.8. The zero-order chi connectivity index (χ0) is 55.9. The molecule has 0 aromatic carbocycles. The van der Waals surface area contributed by atoms with Crippen molar-refractivity contribution in [1.82, 2.24) is 0 Å². The third-order valence-electron chi connectivity index (χ3n) is 8.49. The van der Waals surface area contributed by atoms with Crippen LogP contribution in [0, 0.1) is 54.1 Å². The molecule has 72 heavy (non-hydrogen) atoms. The van der Waals surface area contributed by atoms with E-state index in [1.807, 2.05) is 41.7 Å². The summed E-state index contributed by atoms with van der Waals surface area (Å²) >= 11 is 0. The number of rotatable bonds is 6. The van der Waals surface area contributed by atoms with Crippen molar-refractivity contribution in [2.24, 2.45) is 79.8 Å². The van der Waals surface area contributed by atoms with Gasteiger partial charge in [0.2, 0.25) is 0 Å². The molecule has 0 saturated carbocycles. The van der Waals surface area contributed by atoms with E-state index < -0.39 is 0 Å². The summed E-state index contributed by atoms with van der Waals surface area (Å²) in [7, 11) is 3.48. The van der Waals surface area contributed by atoms with Crippen LogP contribution < -0.4 is 0 Å². The van der Waals surface area contributed by atoms with Crippen LogP contribution in [0.4, 0.5) is 0 Å². The lowest BCUT2D eigenvalue weighted by molar-refractivity contribution is -0.00215. The highest BCUT2D eigenvalue weighted by molar-refractivity contribution is 5.95. The van der Waals surface area contributed by atoms with Crippen molar-refractivity contribution >= 4 is 28.6 Å². The van der Waals surface area contributed by atoms with Crippen molar-refractivity contribution in [3.05, 3.63) is 0 Å². The normalized spacial score (nSPS) is 11.7. The first-order valence-corrected chi connectivity index (χ1v) is 25.3. The molecular formula is C63H143N5O4. The minimum absolute atomic E-state index is 0. The Hall–Kier alpha value is -2.45. The zero-order valence-corrected chi connectivity index (χ0v) is 53.0. The highest BCUT2D eigenvalue weighted by Gasteiger charge is 2.34. The molecule has 0 bridgehead atoms. The quantitative estimate of drug-likeness (QED) is 0.195. The van der Waals surface area contributed by atoms with Crippen LogP contribution in [-0.4, -0.2) is 61.5 Å². The first-order valence-electron chi connectivity index (χ1n) is 25.3. The van der Waals surface area contributed by atoms with Crippen molar-refractivity contribution < 1.29 is 19.4 Å². The minimum atomic E-state index is -0.220. The van der Waals surface area contributed by atoms with Gasteiger partial charge in [-0.15, -0.1) is 0 Å². The zero-order valence-electron chi connectivity index (χ0n) is 53.0. The third kappa shape index (κ3) is 51.1. The summed E-state index contributed by atoms with van der Waals surface area (Å²) in [5, 5.41) is 16.8. The van der Waals surface area contributed by atoms with E-state index in [-0.39, 0.29) is 96.9 Å². The molecular weight excluding hydrogens is 891 g/mol. The Labute approximate surface area is 458 Å². The number of nitrogens with zero attached hydrogens (tertiary/aromatic N) is 5. The number of hydrogen-bond donors (Lipinski definition) is 0. The summed E-state index contributed by atoms with van der Waals surface area (Å²) in [5.74, 6) is 0. The van der Waals surface area contributed by atoms with E-state index in [2.05, 4.69) is 247 Å². The number of hydrogen-bond acceptors (Lipinski definition) is 9. The summed E-state index contributed by atoms with van der Waals surface area (Å²) in [5.41, 5.74) is 6.44. The number of oxime groups is 4. The summed E-state index contributed by atoms with van der Waals surface area (Å²) in [6, 6.07) is 0. The lowest BCUT2D eigenvalue weighted by atomic mass is 9.75. The molecule has 0 amide bonds. The fourth-order valence-electron chi connectivity index (χ4n) is 7.92. The molecule has 0 aliphatic carbocycles. The topological polar surface area (TPSA) is 98.7 Å². The Balaban J connectivity index is -0.0000000697. The summed E-state index contributed by atoms with van der Waals surface area (Å²) < 4.78 is 0. The average molecular weight is 1030 g/mol. The molecule has 0 radical (unpaired) electrons. The van der Waals surface area contributed by atoms with Gasteiger partial charge in [-0.25, -0.2) is 0 Å². The van der Waals surface area contributed by atoms with E-state index in [1.165, 1.54) is 12.1 Å². The van der Waals surface area contributed by atoms with E-state index in [0.29, 0.717) is 13.2 Å². The standard InChI is InChI=1S/C13H27NO.2C11H23NO.C10H21NO.C10H21N.C3H8.5CH4/c1-11(2,3)10(12(4,5)6)14-15-13(7,8)9;2*1-8-13-12-9(10(2,3)4)11(5,6)7;1-9(2,3)8(11-12-7)10(4,5)6;1-9(2,3)8(11-7)10(4,5)6;1-3-2;;;;;/h1-9H3;2*8H2,1-7H3;1-7H3;1-7H3;3H2,1-2H3;5*1H4. The van der Waals surface area contributed by atoms with Gasteiger partial charge in [0.15, 0.2) is 0 Å². The fourth-order valence-corrected chi connectivity index (χ4v) is 7.92. The van der Waals surface area contributed by atoms with E-state index in [9.17, 15) is 0 Å². The van der Waals surface area contributed by atoms with Crippen molar-refractivity contribution in [1.29, 1.82) is 0 Å². The van der Waals surface area contributed by atoms with Crippen molar-refractivity contribution in [3.8, 4) is 0 Å². The summed E-state index contributed by atoms with van der Waals surface area (Å²) in [6.07, 6.45) is 1.25. The predicted molar refractivity (Wildman–Crippen MR) is 338 cm³/mol. The van der Waals surface area contributed by atoms with Gasteiger partial charge in [-0.3, -0.25) is 4.99 Å². The molecule has 0 aromatic heterocycles. The molecule has 0 N–H and O–H groups in total. The van der Waals surface area contributed by atoms with Crippen LogP contribution in [0.25, 0.3) is 0 Å². The van der Waals surface area contributed by atoms with E-state index in [0.717, 1.165) is 22.8 Å². The Morgan fingerprint density at radius 1 is 0.292 bits per heavy atom. The molecule has 0 aliphatic heterocycles. The third-order valence-corrected chi connectivity index (χ3v) is 8.49. The Morgan fingerprint density at radius 2 is 0.458 bits per heavy atom. The molecule has 0 aliphatic rings. The minimum Gasteiger partial charge on any atom is -0.399 e. The summed E-state index contributed by atoms with van der Waals surface area (Å²) in [6.45, 7) is 80.6. The van der Waals surface area contributed by atoms with Crippen LogP contribution in [0.5, 0.6) is 0 Å². The first-order chi connectivity index (χ1) is 29.0. The molecule has 9 nitrogen and oxygen atoms in total. The van der Waals surface area contributed by atoms with E-state index in [4.69, 9.17) is 19.4 Å². The SMILES string of the molecule is C.C.C.C.C.CC(C)(C)ON=C(C(C)(C)C)C(C)(C)C.CCC.CCON=C(C(C)(C)C)C(C)(C)C.CCON=C(C(C)(C)C)C(C)(C)C.CN=C(C(C)(C)C)C(C)(C)C.CON=C(C(C)(C)C)C(C)(C)C. The maximum atomic E-state index is 5.53. The second kappa shape index (κ2) is 38.1. The van der Waals surface area contributed by atoms with Gasteiger partial charge >= 0.3 is 0 Å². The lowest BCUT2D eigenvalue weighted by Gasteiger charge is -2.32. The van der Waals surface area contributed by atoms with E-state index >= 15 is 0 Å². The van der Waals surface area contributed by atoms with Crippen LogP contribution >= 0.6 is 0 Å². The van der Waals surface area contributed by atoms with Gasteiger partial charge < -0.3 is 19.4 Å². The molecule has 0 saturated heterocycles. The van der Waals surface area contributed by atoms with Gasteiger partial charge in [-0.2, -0.15) is 0 Å². The molecule has 0 atom stereocenters. The Kier molecular flexibility index (Phi) is 50.5. The molecule has 0 spiro atoms. The van der Waals surface area contributed by atoms with Gasteiger partial charge in [-0.1, -0.05) is 286 Å². The van der Waals surface area contributed by atoms with Crippen molar-refractivity contribution in [2.75, 3.05) is 27.4 Å². The van der Waals surface area contributed by atoms with Gasteiger partial charge in [0, 0.05) is 66.9 Å². The predicted octanol–water partition coefficient (Wildman–Crippen LogP) is 22.0. The maximum Gasteiger partial charge on any atom is 0.129 e. The van der Waals surface area contributed by atoms with Crippen LogP contribution in [0.1, 0.15) is 300 Å². The molecule has 0 aromatic rings. The van der Waals surface area contributed by atoms with E-state index in [1.54, 1.807) is 7.11 Å². The van der Waals surface area contributed by atoms with Gasteiger partial charge in [-0.05, 0) is 34.6 Å². The largest absolute Gasteiger partial charge is 0.399 e. The van der Waals surface area contributed by atoms with Gasteiger partial charge in [0.05, 0.1) is 22.8 Å². The van der Waals surface area contributed by atoms with Crippen LogP contribution in [0.3, 0.4) is 0 Å². The molecule has 0 rings (SSSR count). The van der Waals surface area contributed by atoms with Crippen molar-refractivity contribution in [2.45, 2.75) is 305 Å². The van der Waals surface area contributed by atoms with Gasteiger partial charge in [0.1, 0.15) is 25.9 Å². The first kappa shape index (κ1) is 95.3. The monoisotopic (exact) mass is 1030 g/mol.